The Kier molecular flexibility index (Phi) is 3.33. The number of methoxy groups -OCH3 is 1. The molecule has 2 aromatic carbocycles. The van der Waals surface area contributed by atoms with E-state index in [9.17, 15) is 4.79 Å². The third-order valence-electron chi connectivity index (χ3n) is 2.81. The first-order valence-electron chi connectivity index (χ1n) is 5.60. The number of ether oxygens (including phenoxy) is 1. The van der Waals surface area contributed by atoms with Gasteiger partial charge in [0.1, 0.15) is 11.3 Å². The molecule has 0 saturated carbocycles. The van der Waals surface area contributed by atoms with Gasteiger partial charge in [-0.05, 0) is 30.2 Å². The van der Waals surface area contributed by atoms with Crippen molar-refractivity contribution in [1.82, 2.24) is 0 Å². The summed E-state index contributed by atoms with van der Waals surface area (Å²) in [5, 5.41) is 9.13. The molecule has 1 N–H and O–H groups in total. The maximum absolute atomic E-state index is 11.1. The molecule has 0 aliphatic heterocycles. The van der Waals surface area contributed by atoms with Gasteiger partial charge >= 0.3 is 5.97 Å². The second-order valence-electron chi connectivity index (χ2n) is 4.09. The average Bonchev–Trinajstić information content (AvgIpc) is 2.39. The number of carboxylic acid groups (broad SMARTS) is 1. The first-order valence-corrected chi connectivity index (χ1v) is 5.60. The molecule has 2 rings (SSSR count). The minimum absolute atomic E-state index is 0.176. The normalized spacial score (nSPS) is 10.1. The SMILES string of the molecule is COc1ccc(-c2ccc(C)cc2)cc1C(=O)O. The van der Waals surface area contributed by atoms with Crippen LogP contribution in [-0.2, 0) is 0 Å². The summed E-state index contributed by atoms with van der Waals surface area (Å²) in [5.74, 6) is -0.612. The summed E-state index contributed by atoms with van der Waals surface area (Å²) in [4.78, 5) is 11.1. The maximum atomic E-state index is 11.1. The van der Waals surface area contributed by atoms with Crippen molar-refractivity contribution in [2.45, 2.75) is 6.92 Å². The highest BCUT2D eigenvalue weighted by atomic mass is 16.5. The third-order valence-corrected chi connectivity index (χ3v) is 2.81. The van der Waals surface area contributed by atoms with E-state index in [1.54, 1.807) is 12.1 Å². The number of aromatic carboxylic acids is 1. The second kappa shape index (κ2) is 4.92. The van der Waals surface area contributed by atoms with Gasteiger partial charge in [0, 0.05) is 0 Å². The summed E-state index contributed by atoms with van der Waals surface area (Å²) in [5.41, 5.74) is 3.21. The van der Waals surface area contributed by atoms with Crippen LogP contribution < -0.4 is 4.74 Å². The standard InChI is InChI=1S/C15H14O3/c1-10-3-5-11(6-4-10)12-7-8-14(18-2)13(9-12)15(16)17/h3-9H,1-2H3,(H,16,17). The van der Waals surface area contributed by atoms with Crippen molar-refractivity contribution in [3.05, 3.63) is 53.6 Å². The molecule has 18 heavy (non-hydrogen) atoms. The zero-order chi connectivity index (χ0) is 13.1. The number of hydrogen-bond donors (Lipinski definition) is 1. The summed E-state index contributed by atoms with van der Waals surface area (Å²) >= 11 is 0. The summed E-state index contributed by atoms with van der Waals surface area (Å²) in [6.45, 7) is 2.01. The van der Waals surface area contributed by atoms with Crippen molar-refractivity contribution in [1.29, 1.82) is 0 Å². The van der Waals surface area contributed by atoms with Crippen LogP contribution in [-0.4, -0.2) is 18.2 Å². The van der Waals surface area contributed by atoms with E-state index in [4.69, 9.17) is 9.84 Å². The predicted molar refractivity (Wildman–Crippen MR) is 70.1 cm³/mol. The Hall–Kier alpha value is -2.29. The van der Waals surface area contributed by atoms with Crippen molar-refractivity contribution in [2.24, 2.45) is 0 Å². The number of carboxylic acids is 1. The molecule has 0 heterocycles. The van der Waals surface area contributed by atoms with Crippen molar-refractivity contribution < 1.29 is 14.6 Å². The van der Waals surface area contributed by atoms with Crippen molar-refractivity contribution >= 4 is 5.97 Å². The highest BCUT2D eigenvalue weighted by molar-refractivity contribution is 5.92. The number of aryl methyl sites for hydroxylation is 1. The van der Waals surface area contributed by atoms with Crippen LogP contribution in [0.25, 0.3) is 11.1 Å². The van der Waals surface area contributed by atoms with Crippen LogP contribution in [0.1, 0.15) is 15.9 Å². The topological polar surface area (TPSA) is 46.5 Å². The molecule has 0 atom stereocenters. The number of hydrogen-bond acceptors (Lipinski definition) is 2. The van der Waals surface area contributed by atoms with Crippen molar-refractivity contribution in [3.8, 4) is 16.9 Å². The smallest absolute Gasteiger partial charge is 0.339 e. The van der Waals surface area contributed by atoms with E-state index in [-0.39, 0.29) is 5.56 Å². The fourth-order valence-electron chi connectivity index (χ4n) is 1.80. The number of rotatable bonds is 3. The number of benzene rings is 2. The molecule has 3 nitrogen and oxygen atoms in total. The molecule has 0 fully saturated rings. The molecule has 0 aliphatic rings. The van der Waals surface area contributed by atoms with E-state index in [0.29, 0.717) is 5.75 Å². The van der Waals surface area contributed by atoms with Crippen LogP contribution >= 0.6 is 0 Å². The van der Waals surface area contributed by atoms with Crippen LogP contribution in [0.15, 0.2) is 42.5 Å². The van der Waals surface area contributed by atoms with Gasteiger partial charge in [-0.2, -0.15) is 0 Å². The first-order chi connectivity index (χ1) is 8.61. The third kappa shape index (κ3) is 2.35. The Balaban J connectivity index is 2.49. The monoisotopic (exact) mass is 242 g/mol. The van der Waals surface area contributed by atoms with Crippen LogP contribution in [0.3, 0.4) is 0 Å². The van der Waals surface area contributed by atoms with Crippen LogP contribution in [0.2, 0.25) is 0 Å². The van der Waals surface area contributed by atoms with Gasteiger partial charge in [-0.25, -0.2) is 4.79 Å². The molecule has 0 bridgehead atoms. The zero-order valence-corrected chi connectivity index (χ0v) is 10.3. The average molecular weight is 242 g/mol. The first kappa shape index (κ1) is 12.2. The van der Waals surface area contributed by atoms with Crippen molar-refractivity contribution in [2.75, 3.05) is 7.11 Å². The van der Waals surface area contributed by atoms with E-state index in [2.05, 4.69) is 0 Å². The molecule has 3 heteroatoms. The molecule has 0 spiro atoms. The van der Waals surface area contributed by atoms with Crippen LogP contribution in [0, 0.1) is 6.92 Å². The molecule has 0 saturated heterocycles. The maximum Gasteiger partial charge on any atom is 0.339 e. The highest BCUT2D eigenvalue weighted by Crippen LogP contribution is 2.26. The summed E-state index contributed by atoms with van der Waals surface area (Å²) in [6.07, 6.45) is 0. The largest absolute Gasteiger partial charge is 0.496 e. The highest BCUT2D eigenvalue weighted by Gasteiger charge is 2.12. The predicted octanol–water partition coefficient (Wildman–Crippen LogP) is 3.37. The Morgan fingerprint density at radius 3 is 2.22 bits per heavy atom. The second-order valence-corrected chi connectivity index (χ2v) is 4.09. The Labute approximate surface area is 106 Å². The lowest BCUT2D eigenvalue weighted by atomic mass is 10.0. The van der Waals surface area contributed by atoms with Crippen LogP contribution in [0.5, 0.6) is 5.75 Å². The van der Waals surface area contributed by atoms with E-state index in [0.717, 1.165) is 11.1 Å². The quantitative estimate of drug-likeness (QED) is 0.897. The van der Waals surface area contributed by atoms with E-state index < -0.39 is 5.97 Å². The molecule has 0 radical (unpaired) electrons. The lowest BCUT2D eigenvalue weighted by Crippen LogP contribution is -2.00. The van der Waals surface area contributed by atoms with Gasteiger partial charge < -0.3 is 9.84 Å². The van der Waals surface area contributed by atoms with Gasteiger partial charge in [0.15, 0.2) is 0 Å². The molecule has 2 aromatic rings. The van der Waals surface area contributed by atoms with Gasteiger partial charge in [0.05, 0.1) is 7.11 Å². The van der Waals surface area contributed by atoms with E-state index in [1.165, 1.54) is 12.7 Å². The molecule has 0 aromatic heterocycles. The molecule has 0 aliphatic carbocycles. The molecule has 92 valence electrons. The molecular weight excluding hydrogens is 228 g/mol. The van der Waals surface area contributed by atoms with Gasteiger partial charge in [-0.1, -0.05) is 35.9 Å². The Morgan fingerprint density at radius 2 is 1.67 bits per heavy atom. The summed E-state index contributed by atoms with van der Waals surface area (Å²) in [6, 6.07) is 13.1. The molecule has 0 unspecified atom stereocenters. The minimum atomic E-state index is -0.985. The summed E-state index contributed by atoms with van der Waals surface area (Å²) < 4.78 is 5.04. The lowest BCUT2D eigenvalue weighted by Gasteiger charge is -2.08. The van der Waals surface area contributed by atoms with Gasteiger partial charge in [-0.3, -0.25) is 0 Å². The molecule has 0 amide bonds. The van der Waals surface area contributed by atoms with Gasteiger partial charge in [-0.15, -0.1) is 0 Å². The van der Waals surface area contributed by atoms with Crippen molar-refractivity contribution in [3.63, 3.8) is 0 Å². The van der Waals surface area contributed by atoms with Crippen LogP contribution in [0.4, 0.5) is 0 Å². The van der Waals surface area contributed by atoms with Gasteiger partial charge in [0.2, 0.25) is 0 Å². The molecular formula is C15H14O3. The number of carbonyl (C=O) groups is 1. The minimum Gasteiger partial charge on any atom is -0.496 e. The van der Waals surface area contributed by atoms with E-state index in [1.807, 2.05) is 37.3 Å². The fourth-order valence-corrected chi connectivity index (χ4v) is 1.80. The van der Waals surface area contributed by atoms with Gasteiger partial charge in [0.25, 0.3) is 0 Å². The Bertz CT molecular complexity index is 571. The fraction of sp³-hybridized carbons (Fsp3) is 0.133. The summed E-state index contributed by atoms with van der Waals surface area (Å²) in [7, 11) is 1.47. The Morgan fingerprint density at radius 1 is 1.06 bits per heavy atom. The van der Waals surface area contributed by atoms with E-state index >= 15 is 0 Å². The lowest BCUT2D eigenvalue weighted by molar-refractivity contribution is 0.0693. The zero-order valence-electron chi connectivity index (χ0n) is 10.3.